The quantitative estimate of drug-likeness (QED) is 0.558. The molecule has 0 saturated carbocycles. The summed E-state index contributed by atoms with van der Waals surface area (Å²) in [4.78, 5) is 12.1. The van der Waals surface area contributed by atoms with Crippen LogP contribution in [0.15, 0.2) is 30.3 Å². The maximum atomic E-state index is 12.1. The SMILES string of the molecule is CCC[C@@H](NCc1ccccc1)C(OC)(OC)C(=O)OC. The summed E-state index contributed by atoms with van der Waals surface area (Å²) in [6, 6.07) is 9.67. The Morgan fingerprint density at radius 3 is 2.29 bits per heavy atom. The molecule has 0 spiro atoms. The van der Waals surface area contributed by atoms with E-state index in [9.17, 15) is 4.79 Å². The van der Waals surface area contributed by atoms with Crippen LogP contribution in [0.3, 0.4) is 0 Å². The van der Waals surface area contributed by atoms with Crippen molar-refractivity contribution in [3.63, 3.8) is 0 Å². The van der Waals surface area contributed by atoms with E-state index in [1.807, 2.05) is 37.3 Å². The highest BCUT2D eigenvalue weighted by Crippen LogP contribution is 2.23. The summed E-state index contributed by atoms with van der Waals surface area (Å²) in [7, 11) is 4.23. The van der Waals surface area contributed by atoms with Crippen LogP contribution >= 0.6 is 0 Å². The Bertz CT molecular complexity index is 418. The largest absolute Gasteiger partial charge is 0.465 e. The molecule has 0 bridgehead atoms. The Labute approximate surface area is 126 Å². The third-order valence-corrected chi connectivity index (χ3v) is 3.51. The molecule has 5 heteroatoms. The fraction of sp³-hybridized carbons (Fsp3) is 0.562. The van der Waals surface area contributed by atoms with Gasteiger partial charge in [0.1, 0.15) is 0 Å². The lowest BCUT2D eigenvalue weighted by atomic mass is 10.0. The standard InChI is InChI=1S/C16H25NO4/c1-5-9-14(16(20-3,21-4)15(18)19-2)17-12-13-10-7-6-8-11-13/h6-8,10-11,14,17H,5,9,12H2,1-4H3/t14-/m1/s1. The Hall–Kier alpha value is -1.43. The first-order chi connectivity index (χ1) is 10.1. The summed E-state index contributed by atoms with van der Waals surface area (Å²) < 4.78 is 15.6. The maximum absolute atomic E-state index is 12.1. The molecular weight excluding hydrogens is 270 g/mol. The van der Waals surface area contributed by atoms with Gasteiger partial charge in [-0.25, -0.2) is 4.79 Å². The number of rotatable bonds is 9. The van der Waals surface area contributed by atoms with Crippen LogP contribution in [0.1, 0.15) is 25.3 Å². The molecule has 0 aliphatic carbocycles. The lowest BCUT2D eigenvalue weighted by Crippen LogP contribution is -2.58. The van der Waals surface area contributed by atoms with Crippen LogP contribution in [0, 0.1) is 0 Å². The number of benzene rings is 1. The lowest BCUT2D eigenvalue weighted by Gasteiger charge is -2.35. The van der Waals surface area contributed by atoms with Crippen LogP contribution in [0.5, 0.6) is 0 Å². The van der Waals surface area contributed by atoms with E-state index in [0.29, 0.717) is 6.54 Å². The molecule has 0 aliphatic rings. The molecule has 0 amide bonds. The third kappa shape index (κ3) is 4.27. The van der Waals surface area contributed by atoms with E-state index in [4.69, 9.17) is 14.2 Å². The van der Waals surface area contributed by atoms with Crippen LogP contribution in [0.2, 0.25) is 0 Å². The van der Waals surface area contributed by atoms with Crippen molar-refractivity contribution in [2.24, 2.45) is 0 Å². The van der Waals surface area contributed by atoms with Gasteiger partial charge < -0.3 is 19.5 Å². The summed E-state index contributed by atoms with van der Waals surface area (Å²) in [5.74, 6) is -1.97. The predicted octanol–water partition coefficient (Wildman–Crippen LogP) is 2.11. The van der Waals surface area contributed by atoms with Gasteiger partial charge >= 0.3 is 5.97 Å². The second-order valence-electron chi connectivity index (χ2n) is 4.78. The zero-order valence-electron chi connectivity index (χ0n) is 13.2. The van der Waals surface area contributed by atoms with Gasteiger partial charge in [-0.1, -0.05) is 43.7 Å². The smallest absolute Gasteiger partial charge is 0.368 e. The second kappa shape index (κ2) is 8.77. The topological polar surface area (TPSA) is 56.8 Å². The molecule has 1 aromatic rings. The molecule has 1 aromatic carbocycles. The molecular formula is C16H25NO4. The van der Waals surface area contributed by atoms with Gasteiger partial charge in [-0.05, 0) is 12.0 Å². The third-order valence-electron chi connectivity index (χ3n) is 3.51. The minimum absolute atomic E-state index is 0.301. The number of ether oxygens (including phenoxy) is 3. The van der Waals surface area contributed by atoms with Crippen LogP contribution < -0.4 is 5.32 Å². The summed E-state index contributed by atoms with van der Waals surface area (Å²) in [6.07, 6.45) is 1.61. The first kappa shape index (κ1) is 17.6. The van der Waals surface area contributed by atoms with Gasteiger partial charge in [0.2, 0.25) is 0 Å². The Morgan fingerprint density at radius 2 is 1.81 bits per heavy atom. The number of hydrogen-bond donors (Lipinski definition) is 1. The van der Waals surface area contributed by atoms with Crippen molar-refractivity contribution in [2.75, 3.05) is 21.3 Å². The first-order valence-corrected chi connectivity index (χ1v) is 7.10. The molecule has 0 saturated heterocycles. The Morgan fingerprint density at radius 1 is 1.19 bits per heavy atom. The van der Waals surface area contributed by atoms with E-state index < -0.39 is 11.8 Å². The van der Waals surface area contributed by atoms with Gasteiger partial charge in [-0.2, -0.15) is 0 Å². The van der Waals surface area contributed by atoms with E-state index in [2.05, 4.69) is 5.32 Å². The Balaban J connectivity index is 2.89. The van der Waals surface area contributed by atoms with E-state index in [0.717, 1.165) is 18.4 Å². The molecule has 0 heterocycles. The fourth-order valence-corrected chi connectivity index (χ4v) is 2.37. The number of carbonyl (C=O) groups is 1. The normalized spacial score (nSPS) is 13.0. The van der Waals surface area contributed by atoms with Crippen molar-refractivity contribution in [2.45, 2.75) is 38.1 Å². The molecule has 0 fully saturated rings. The van der Waals surface area contributed by atoms with E-state index in [1.54, 1.807) is 0 Å². The van der Waals surface area contributed by atoms with Crippen molar-refractivity contribution in [1.29, 1.82) is 0 Å². The highest BCUT2D eigenvalue weighted by molar-refractivity contribution is 5.78. The fourth-order valence-electron chi connectivity index (χ4n) is 2.37. The minimum atomic E-state index is -1.43. The van der Waals surface area contributed by atoms with Gasteiger partial charge in [-0.15, -0.1) is 0 Å². The van der Waals surface area contributed by atoms with Crippen molar-refractivity contribution < 1.29 is 19.0 Å². The molecule has 0 radical (unpaired) electrons. The van der Waals surface area contributed by atoms with Crippen molar-refractivity contribution in [3.05, 3.63) is 35.9 Å². The van der Waals surface area contributed by atoms with Gasteiger partial charge in [0.25, 0.3) is 5.79 Å². The maximum Gasteiger partial charge on any atom is 0.368 e. The molecule has 1 atom stereocenters. The van der Waals surface area contributed by atoms with Crippen molar-refractivity contribution >= 4 is 5.97 Å². The van der Waals surface area contributed by atoms with E-state index in [1.165, 1.54) is 21.3 Å². The van der Waals surface area contributed by atoms with Crippen LogP contribution in [0.4, 0.5) is 0 Å². The molecule has 1 rings (SSSR count). The highest BCUT2D eigenvalue weighted by Gasteiger charge is 2.47. The van der Waals surface area contributed by atoms with Gasteiger partial charge in [-0.3, -0.25) is 0 Å². The number of nitrogens with one attached hydrogen (secondary N) is 1. The summed E-state index contributed by atoms with van der Waals surface area (Å²) in [5.41, 5.74) is 1.13. The monoisotopic (exact) mass is 295 g/mol. The highest BCUT2D eigenvalue weighted by atomic mass is 16.7. The zero-order chi connectivity index (χ0) is 15.7. The second-order valence-corrected chi connectivity index (χ2v) is 4.78. The number of methoxy groups -OCH3 is 3. The average Bonchev–Trinajstić information content (AvgIpc) is 2.54. The van der Waals surface area contributed by atoms with Crippen LogP contribution in [0.25, 0.3) is 0 Å². The summed E-state index contributed by atoms with van der Waals surface area (Å²) in [6.45, 7) is 2.67. The average molecular weight is 295 g/mol. The van der Waals surface area contributed by atoms with Gasteiger partial charge in [0.15, 0.2) is 0 Å². The molecule has 5 nitrogen and oxygen atoms in total. The molecule has 21 heavy (non-hydrogen) atoms. The predicted molar refractivity (Wildman–Crippen MR) is 80.7 cm³/mol. The molecule has 118 valence electrons. The number of esters is 1. The van der Waals surface area contributed by atoms with E-state index in [-0.39, 0.29) is 6.04 Å². The minimum Gasteiger partial charge on any atom is -0.465 e. The van der Waals surface area contributed by atoms with Crippen molar-refractivity contribution in [1.82, 2.24) is 5.32 Å². The van der Waals surface area contributed by atoms with Gasteiger partial charge in [0.05, 0.1) is 13.2 Å². The summed E-state index contributed by atoms with van der Waals surface area (Å²) in [5, 5.41) is 3.34. The molecule has 1 N–H and O–H groups in total. The van der Waals surface area contributed by atoms with Gasteiger partial charge in [0, 0.05) is 20.8 Å². The number of hydrogen-bond acceptors (Lipinski definition) is 5. The molecule has 0 unspecified atom stereocenters. The van der Waals surface area contributed by atoms with Crippen molar-refractivity contribution in [3.8, 4) is 0 Å². The Kier molecular flexibility index (Phi) is 7.36. The molecule has 0 aliphatic heterocycles. The summed E-state index contributed by atoms with van der Waals surface area (Å²) >= 11 is 0. The van der Waals surface area contributed by atoms with E-state index >= 15 is 0 Å². The van der Waals surface area contributed by atoms with Crippen LogP contribution in [-0.2, 0) is 25.5 Å². The first-order valence-electron chi connectivity index (χ1n) is 7.10. The zero-order valence-corrected chi connectivity index (χ0v) is 13.2. The number of carbonyl (C=O) groups excluding carboxylic acids is 1. The molecule has 0 aromatic heterocycles. The lowest BCUT2D eigenvalue weighted by molar-refractivity contribution is -0.240. The van der Waals surface area contributed by atoms with Crippen LogP contribution in [-0.4, -0.2) is 39.1 Å².